The van der Waals surface area contributed by atoms with Crippen LogP contribution in [0.1, 0.15) is 18.4 Å². The number of rotatable bonds is 3. The molecule has 1 aromatic rings. The molecule has 3 heteroatoms. The molecule has 0 aromatic heterocycles. The fraction of sp³-hybridized carbons (Fsp3) is 0.455. The summed E-state index contributed by atoms with van der Waals surface area (Å²) in [6.07, 6.45) is 2.24. The van der Waals surface area contributed by atoms with Gasteiger partial charge in [0.1, 0.15) is 0 Å². The number of nitrogens with one attached hydrogen (secondary N) is 1. The molecule has 2 nitrogen and oxygen atoms in total. The summed E-state index contributed by atoms with van der Waals surface area (Å²) >= 11 is 3.42. The molecule has 1 saturated carbocycles. The van der Waals surface area contributed by atoms with Gasteiger partial charge in [0.25, 0.3) is 0 Å². The maximum atomic E-state index is 5.71. The van der Waals surface area contributed by atoms with Gasteiger partial charge in [-0.2, -0.15) is 0 Å². The Balaban J connectivity index is 1.78. The quantitative estimate of drug-likeness (QED) is 0.867. The van der Waals surface area contributed by atoms with Crippen LogP contribution in [0.4, 0.5) is 0 Å². The largest absolute Gasteiger partial charge is 0.328 e. The third-order valence-corrected chi connectivity index (χ3v) is 3.21. The lowest BCUT2D eigenvalue weighted by Gasteiger charge is -2.33. The van der Waals surface area contributed by atoms with E-state index in [-0.39, 0.29) is 0 Å². The molecule has 0 amide bonds. The third-order valence-electron chi connectivity index (χ3n) is 2.68. The van der Waals surface area contributed by atoms with Crippen molar-refractivity contribution in [2.75, 3.05) is 0 Å². The van der Waals surface area contributed by atoms with Gasteiger partial charge in [-0.05, 0) is 30.5 Å². The van der Waals surface area contributed by atoms with E-state index in [1.165, 1.54) is 5.56 Å². The van der Waals surface area contributed by atoms with Crippen LogP contribution in [0.5, 0.6) is 0 Å². The molecule has 1 aromatic carbocycles. The first kappa shape index (κ1) is 10.1. The summed E-state index contributed by atoms with van der Waals surface area (Å²) in [4.78, 5) is 0. The molecule has 0 atom stereocenters. The fourth-order valence-electron chi connectivity index (χ4n) is 1.69. The summed E-state index contributed by atoms with van der Waals surface area (Å²) in [6.45, 7) is 0.949. The normalized spacial score (nSPS) is 25.9. The van der Waals surface area contributed by atoms with Crippen LogP contribution in [-0.4, -0.2) is 12.1 Å². The summed E-state index contributed by atoms with van der Waals surface area (Å²) in [5.41, 5.74) is 7.04. The van der Waals surface area contributed by atoms with Crippen LogP contribution >= 0.6 is 15.9 Å². The Kier molecular flexibility index (Phi) is 3.21. The highest BCUT2D eigenvalue weighted by Gasteiger charge is 2.24. The Labute approximate surface area is 93.0 Å². The van der Waals surface area contributed by atoms with Crippen LogP contribution in [0.2, 0.25) is 0 Å². The van der Waals surface area contributed by atoms with E-state index in [0.29, 0.717) is 12.1 Å². The summed E-state index contributed by atoms with van der Waals surface area (Å²) in [5, 5.41) is 3.49. The molecule has 0 unspecified atom stereocenters. The molecular weight excluding hydrogens is 240 g/mol. The highest BCUT2D eigenvalue weighted by atomic mass is 79.9. The standard InChI is InChI=1S/C11H15BrN2/c12-9-3-1-8(2-4-9)7-14-11-5-10(13)6-11/h1-4,10-11,14H,5-7,13H2. The maximum absolute atomic E-state index is 5.71. The lowest BCUT2D eigenvalue weighted by molar-refractivity contribution is 0.291. The van der Waals surface area contributed by atoms with Gasteiger partial charge in [0.05, 0.1) is 0 Å². The minimum absolute atomic E-state index is 0.428. The van der Waals surface area contributed by atoms with Crippen molar-refractivity contribution in [1.82, 2.24) is 5.32 Å². The molecule has 76 valence electrons. The molecule has 0 spiro atoms. The number of nitrogens with two attached hydrogens (primary N) is 1. The second-order valence-corrected chi connectivity index (χ2v) is 4.85. The molecule has 0 saturated heterocycles. The zero-order valence-corrected chi connectivity index (χ0v) is 9.63. The second kappa shape index (κ2) is 4.43. The molecule has 0 heterocycles. The van der Waals surface area contributed by atoms with Crippen LogP contribution in [-0.2, 0) is 6.54 Å². The molecule has 0 aliphatic heterocycles. The van der Waals surface area contributed by atoms with Crippen molar-refractivity contribution in [1.29, 1.82) is 0 Å². The first-order valence-corrected chi connectivity index (χ1v) is 5.77. The van der Waals surface area contributed by atoms with Crippen molar-refractivity contribution >= 4 is 15.9 Å². The van der Waals surface area contributed by atoms with E-state index in [2.05, 4.69) is 45.5 Å². The average molecular weight is 255 g/mol. The smallest absolute Gasteiger partial charge is 0.0208 e. The van der Waals surface area contributed by atoms with Crippen LogP contribution in [0.15, 0.2) is 28.7 Å². The predicted octanol–water partition coefficient (Wildman–Crippen LogP) is 2.03. The van der Waals surface area contributed by atoms with Gasteiger partial charge in [0.15, 0.2) is 0 Å². The van der Waals surface area contributed by atoms with E-state index < -0.39 is 0 Å². The molecule has 3 N–H and O–H groups in total. The van der Waals surface area contributed by atoms with E-state index in [1.807, 2.05) is 0 Å². The summed E-state index contributed by atoms with van der Waals surface area (Å²) < 4.78 is 1.13. The first-order chi connectivity index (χ1) is 6.74. The van der Waals surface area contributed by atoms with Gasteiger partial charge in [-0.25, -0.2) is 0 Å². The Hall–Kier alpha value is -0.380. The number of hydrogen-bond acceptors (Lipinski definition) is 2. The van der Waals surface area contributed by atoms with Crippen LogP contribution in [0.3, 0.4) is 0 Å². The Morgan fingerprint density at radius 2 is 1.93 bits per heavy atom. The van der Waals surface area contributed by atoms with Gasteiger partial charge in [-0.15, -0.1) is 0 Å². The van der Waals surface area contributed by atoms with E-state index in [1.54, 1.807) is 0 Å². The molecule has 14 heavy (non-hydrogen) atoms. The molecule has 1 aliphatic rings. The minimum atomic E-state index is 0.428. The van der Waals surface area contributed by atoms with Gasteiger partial charge in [0.2, 0.25) is 0 Å². The van der Waals surface area contributed by atoms with Gasteiger partial charge < -0.3 is 11.1 Å². The Morgan fingerprint density at radius 1 is 1.29 bits per heavy atom. The highest BCUT2D eigenvalue weighted by Crippen LogP contribution is 2.18. The van der Waals surface area contributed by atoms with E-state index in [0.717, 1.165) is 23.9 Å². The predicted molar refractivity (Wildman–Crippen MR) is 62.0 cm³/mol. The van der Waals surface area contributed by atoms with Crippen molar-refractivity contribution in [2.45, 2.75) is 31.5 Å². The highest BCUT2D eigenvalue weighted by molar-refractivity contribution is 9.10. The third kappa shape index (κ3) is 2.56. The minimum Gasteiger partial charge on any atom is -0.328 e. The fourth-order valence-corrected chi connectivity index (χ4v) is 1.96. The summed E-state index contributed by atoms with van der Waals surface area (Å²) in [6, 6.07) is 9.48. The Bertz CT molecular complexity index is 291. The van der Waals surface area contributed by atoms with Crippen LogP contribution in [0.25, 0.3) is 0 Å². The van der Waals surface area contributed by atoms with Gasteiger partial charge in [0, 0.05) is 23.1 Å². The second-order valence-electron chi connectivity index (χ2n) is 3.94. The molecule has 1 fully saturated rings. The molecular formula is C11H15BrN2. The van der Waals surface area contributed by atoms with Crippen molar-refractivity contribution in [3.63, 3.8) is 0 Å². The van der Waals surface area contributed by atoms with Crippen molar-refractivity contribution in [2.24, 2.45) is 5.73 Å². The summed E-state index contributed by atoms with van der Waals surface area (Å²) in [7, 11) is 0. The maximum Gasteiger partial charge on any atom is 0.0208 e. The zero-order valence-electron chi connectivity index (χ0n) is 8.04. The van der Waals surface area contributed by atoms with Gasteiger partial charge in [-0.1, -0.05) is 28.1 Å². The number of halogens is 1. The van der Waals surface area contributed by atoms with Crippen molar-refractivity contribution < 1.29 is 0 Å². The molecule has 0 bridgehead atoms. The molecule has 1 aliphatic carbocycles. The molecule has 2 rings (SSSR count). The van der Waals surface area contributed by atoms with Gasteiger partial charge in [-0.3, -0.25) is 0 Å². The van der Waals surface area contributed by atoms with E-state index >= 15 is 0 Å². The average Bonchev–Trinajstić information content (AvgIpc) is 2.13. The number of hydrogen-bond donors (Lipinski definition) is 2. The van der Waals surface area contributed by atoms with Crippen LogP contribution in [0, 0.1) is 0 Å². The van der Waals surface area contributed by atoms with E-state index in [4.69, 9.17) is 5.73 Å². The van der Waals surface area contributed by atoms with E-state index in [9.17, 15) is 0 Å². The van der Waals surface area contributed by atoms with Gasteiger partial charge >= 0.3 is 0 Å². The number of benzene rings is 1. The first-order valence-electron chi connectivity index (χ1n) is 4.97. The monoisotopic (exact) mass is 254 g/mol. The summed E-state index contributed by atoms with van der Waals surface area (Å²) in [5.74, 6) is 0. The van der Waals surface area contributed by atoms with Crippen molar-refractivity contribution in [3.05, 3.63) is 34.3 Å². The van der Waals surface area contributed by atoms with Crippen molar-refractivity contribution in [3.8, 4) is 0 Å². The Morgan fingerprint density at radius 3 is 2.50 bits per heavy atom. The lowest BCUT2D eigenvalue weighted by Crippen LogP contribution is -2.48. The molecule has 0 radical (unpaired) electrons. The lowest BCUT2D eigenvalue weighted by atomic mass is 9.87. The van der Waals surface area contributed by atoms with Crippen LogP contribution < -0.4 is 11.1 Å². The zero-order chi connectivity index (χ0) is 9.97. The topological polar surface area (TPSA) is 38.0 Å². The SMILES string of the molecule is NC1CC(NCc2ccc(Br)cc2)C1.